The first kappa shape index (κ1) is 12.8. The molecule has 0 aromatic heterocycles. The highest BCUT2D eigenvalue weighted by molar-refractivity contribution is 6.87. The van der Waals surface area contributed by atoms with Gasteiger partial charge in [-0.1, -0.05) is 0 Å². The first-order valence-corrected chi connectivity index (χ1v) is 14.4. The van der Waals surface area contributed by atoms with E-state index in [1.165, 1.54) is 0 Å². The molecule has 0 N–H and O–H groups in total. The van der Waals surface area contributed by atoms with Crippen LogP contribution in [0.2, 0.25) is 39.3 Å². The van der Waals surface area contributed by atoms with Crippen LogP contribution in [0.4, 0.5) is 0 Å². The van der Waals surface area contributed by atoms with Gasteiger partial charge >= 0.3 is 28.5 Å². The molecule has 0 atom stereocenters. The van der Waals surface area contributed by atoms with Crippen LogP contribution in [0.5, 0.6) is 0 Å². The lowest BCUT2D eigenvalue weighted by molar-refractivity contribution is 0.262. The molecule has 1 saturated heterocycles. The zero-order valence-corrected chi connectivity index (χ0v) is 14.3. The molecule has 0 aromatic rings. The molecule has 0 saturated carbocycles. The molecule has 0 spiro atoms. The molecular formula is C6H22O4Si4+2. The standard InChI is InChI=1S/C6H20O4Si4/c1-12(2)7-11-8-13(3,4)10-14(5,6)9-12/h11H2,1-6H3/p+2. The van der Waals surface area contributed by atoms with Crippen LogP contribution >= 0.6 is 0 Å². The fraction of sp³-hybridized carbons (Fsp3) is 1.00. The maximum atomic E-state index is 6.02. The van der Waals surface area contributed by atoms with Crippen molar-refractivity contribution >= 4 is 35.7 Å². The van der Waals surface area contributed by atoms with Gasteiger partial charge in [-0.2, -0.15) is 0 Å². The molecule has 1 aliphatic rings. The molecule has 0 unspecified atom stereocenters. The predicted molar refractivity (Wildman–Crippen MR) is 67.6 cm³/mol. The van der Waals surface area contributed by atoms with Crippen LogP contribution in [-0.4, -0.2) is 35.7 Å². The Bertz CT molecular complexity index is 207. The average Bonchev–Trinajstić information content (AvgIpc) is 1.75. The summed E-state index contributed by atoms with van der Waals surface area (Å²) in [6.45, 7) is 12.4. The zero-order valence-electron chi connectivity index (χ0n) is 11.8. The normalized spacial score (nSPS) is 30.4. The van der Waals surface area contributed by atoms with Gasteiger partial charge in [0.1, 0.15) is 0 Å². The summed E-state index contributed by atoms with van der Waals surface area (Å²) in [6.07, 6.45) is 0. The van der Waals surface area contributed by atoms with Crippen LogP contribution in [0, 0.1) is 0 Å². The Morgan fingerprint density at radius 3 is 1.43 bits per heavy atom. The molecule has 0 bridgehead atoms. The lowest BCUT2D eigenvalue weighted by Crippen LogP contribution is -2.58. The van der Waals surface area contributed by atoms with E-state index in [1.807, 2.05) is 0 Å². The van der Waals surface area contributed by atoms with Gasteiger partial charge in [-0.15, -0.1) is 0 Å². The van der Waals surface area contributed by atoms with Crippen molar-refractivity contribution in [2.24, 2.45) is 0 Å². The average molecular weight is 271 g/mol. The smallest absolute Gasteiger partial charge is 0.420 e. The molecule has 8 heteroatoms. The third-order valence-electron chi connectivity index (χ3n) is 1.80. The van der Waals surface area contributed by atoms with Crippen molar-refractivity contribution in [3.63, 3.8) is 0 Å². The van der Waals surface area contributed by atoms with Crippen molar-refractivity contribution in [3.8, 4) is 0 Å². The molecule has 1 fully saturated rings. The van der Waals surface area contributed by atoms with E-state index < -0.39 is 35.7 Å². The molecule has 0 radical (unpaired) electrons. The van der Waals surface area contributed by atoms with E-state index in [4.69, 9.17) is 16.5 Å². The van der Waals surface area contributed by atoms with E-state index in [0.29, 0.717) is 0 Å². The lowest BCUT2D eigenvalue weighted by atomic mass is 11.9. The molecule has 0 amide bonds. The molecule has 1 heterocycles. The first-order valence-electron chi connectivity index (χ1n) is 4.80. The molecule has 84 valence electrons. The van der Waals surface area contributed by atoms with Crippen molar-refractivity contribution in [2.45, 2.75) is 39.3 Å². The van der Waals surface area contributed by atoms with Gasteiger partial charge in [-0.3, -0.25) is 0 Å². The zero-order chi connectivity index (χ0) is 11.0. The van der Waals surface area contributed by atoms with E-state index in [9.17, 15) is 0 Å². The minimum absolute atomic E-state index is 0. The van der Waals surface area contributed by atoms with E-state index in [2.05, 4.69) is 39.3 Å². The molecule has 1 rings (SSSR count). The molecule has 4 nitrogen and oxygen atoms in total. The van der Waals surface area contributed by atoms with Crippen LogP contribution in [-0.2, 0) is 16.5 Å². The third-order valence-corrected chi connectivity index (χ3v) is 16.2. The Balaban J connectivity index is 0. The second kappa shape index (κ2) is 3.94. The maximum absolute atomic E-state index is 6.02. The van der Waals surface area contributed by atoms with E-state index in [0.717, 1.165) is 0 Å². The first-order chi connectivity index (χ1) is 6.12. The molecule has 0 aromatic carbocycles. The fourth-order valence-corrected chi connectivity index (χ4v) is 16.2. The van der Waals surface area contributed by atoms with Gasteiger partial charge in [0, 0.05) is 0 Å². The Hall–Kier alpha value is 0.708. The largest absolute Gasteiger partial charge is 1.00 e. The van der Waals surface area contributed by atoms with Crippen LogP contribution in [0.3, 0.4) is 0 Å². The number of hydrogen-bond donors (Lipinski definition) is 0. The van der Waals surface area contributed by atoms with Gasteiger partial charge in [0.25, 0.3) is 10.0 Å². The van der Waals surface area contributed by atoms with Crippen LogP contribution in [0.1, 0.15) is 2.85 Å². The second-order valence-corrected chi connectivity index (χ2v) is 17.4. The van der Waals surface area contributed by atoms with Crippen LogP contribution < -0.4 is 0 Å². The van der Waals surface area contributed by atoms with Crippen LogP contribution in [0.15, 0.2) is 0 Å². The van der Waals surface area contributed by atoms with E-state index in [1.54, 1.807) is 0 Å². The van der Waals surface area contributed by atoms with Gasteiger partial charge in [0.15, 0.2) is 0 Å². The Kier molecular flexibility index (Phi) is 3.59. The molecule has 0 aliphatic carbocycles. The Morgan fingerprint density at radius 1 is 0.714 bits per heavy atom. The van der Waals surface area contributed by atoms with Gasteiger partial charge in [0.2, 0.25) is 0 Å². The Morgan fingerprint density at radius 2 is 1.07 bits per heavy atom. The monoisotopic (exact) mass is 270 g/mol. The van der Waals surface area contributed by atoms with Gasteiger partial charge in [-0.25, -0.2) is 0 Å². The molecule has 1 aliphatic heterocycles. The topological polar surface area (TPSA) is 36.9 Å². The van der Waals surface area contributed by atoms with Crippen molar-refractivity contribution < 1.29 is 19.3 Å². The highest BCUT2D eigenvalue weighted by Crippen LogP contribution is 2.23. The molecule has 14 heavy (non-hydrogen) atoms. The summed E-state index contributed by atoms with van der Waals surface area (Å²) in [5.74, 6) is 0. The van der Waals surface area contributed by atoms with E-state index >= 15 is 0 Å². The number of rotatable bonds is 0. The van der Waals surface area contributed by atoms with Gasteiger partial charge in [-0.05, 0) is 39.3 Å². The van der Waals surface area contributed by atoms with Gasteiger partial charge in [0.05, 0.1) is 0 Å². The maximum Gasteiger partial charge on any atom is 1.00 e. The summed E-state index contributed by atoms with van der Waals surface area (Å²) in [5, 5.41) is 0. The van der Waals surface area contributed by atoms with Gasteiger partial charge < -0.3 is 16.5 Å². The minimum Gasteiger partial charge on any atom is -0.420 e. The number of hydrogen-bond acceptors (Lipinski definition) is 4. The lowest BCUT2D eigenvalue weighted by Gasteiger charge is -2.40. The summed E-state index contributed by atoms with van der Waals surface area (Å²) < 4.78 is 23.6. The SMILES string of the molecule is C[Si]1(C)O[SiH2]O[Si](C)(C)O[Si](C)(C)O1.[H+].[H+]. The summed E-state index contributed by atoms with van der Waals surface area (Å²) in [4.78, 5) is 0. The second-order valence-electron chi connectivity index (χ2n) is 4.81. The fourth-order valence-electron chi connectivity index (χ4n) is 1.58. The quantitative estimate of drug-likeness (QED) is 0.624. The highest BCUT2D eigenvalue weighted by Gasteiger charge is 2.43. The third kappa shape index (κ3) is 4.06. The summed E-state index contributed by atoms with van der Waals surface area (Å²) >= 11 is 0. The summed E-state index contributed by atoms with van der Waals surface area (Å²) in [6, 6.07) is 0. The Labute approximate surface area is 94.7 Å². The summed E-state index contributed by atoms with van der Waals surface area (Å²) in [7, 11) is -6.91. The van der Waals surface area contributed by atoms with E-state index in [-0.39, 0.29) is 2.85 Å². The minimum atomic E-state index is -2.05. The van der Waals surface area contributed by atoms with Crippen molar-refractivity contribution in [2.75, 3.05) is 0 Å². The van der Waals surface area contributed by atoms with Crippen LogP contribution in [0.25, 0.3) is 0 Å². The van der Waals surface area contributed by atoms with Crippen molar-refractivity contribution in [1.82, 2.24) is 0 Å². The molecular weight excluding hydrogens is 248 g/mol. The van der Waals surface area contributed by atoms with Crippen molar-refractivity contribution in [1.29, 1.82) is 0 Å². The predicted octanol–water partition coefficient (Wildman–Crippen LogP) is 1.40. The summed E-state index contributed by atoms with van der Waals surface area (Å²) in [5.41, 5.74) is 0. The highest BCUT2D eigenvalue weighted by atomic mass is 28.5. The van der Waals surface area contributed by atoms with Crippen molar-refractivity contribution in [3.05, 3.63) is 0 Å².